The molecule has 27 heavy (non-hydrogen) atoms. The van der Waals surface area contributed by atoms with Crippen LogP contribution < -0.4 is 10.6 Å². The summed E-state index contributed by atoms with van der Waals surface area (Å²) in [6.45, 7) is 4.61. The van der Waals surface area contributed by atoms with Gasteiger partial charge in [-0.25, -0.2) is 9.97 Å². The molecule has 0 bridgehead atoms. The van der Waals surface area contributed by atoms with Crippen molar-refractivity contribution in [3.8, 4) is 11.3 Å². The number of nitrogens with one attached hydrogen (secondary N) is 2. The molecule has 140 valence electrons. The molecule has 1 aliphatic heterocycles. The Morgan fingerprint density at radius 1 is 1.33 bits per heavy atom. The molecular formula is C18H21N7OS. The number of allylic oxidation sites excluding steroid dienone is 1. The molecule has 8 nitrogen and oxygen atoms in total. The highest BCUT2D eigenvalue weighted by Crippen LogP contribution is 2.37. The van der Waals surface area contributed by atoms with Crippen molar-refractivity contribution in [2.24, 2.45) is 13.0 Å². The highest BCUT2D eigenvalue weighted by molar-refractivity contribution is 8.04. The van der Waals surface area contributed by atoms with E-state index in [4.69, 9.17) is 0 Å². The number of amides is 1. The largest absolute Gasteiger partial charge is 0.355 e. The fourth-order valence-corrected chi connectivity index (χ4v) is 4.34. The molecule has 3 aromatic heterocycles. The van der Waals surface area contributed by atoms with Crippen LogP contribution in [0.4, 0.5) is 5.82 Å². The van der Waals surface area contributed by atoms with Crippen LogP contribution in [0.1, 0.15) is 13.8 Å². The summed E-state index contributed by atoms with van der Waals surface area (Å²) in [7, 11) is 1.89. The third-order valence-electron chi connectivity index (χ3n) is 4.43. The van der Waals surface area contributed by atoms with Crippen molar-refractivity contribution in [3.05, 3.63) is 42.1 Å². The standard InChI is InChI=1S/C18H21N7OS/c1-4-19-18(26)15-11(2)7-14(27-15)23-16-17-21-9-13(25(17)6-5-20-16)12-8-22-24(3)10-12/h5-11,15H,4H2,1-3H3,(H,19,26)(H,20,23). The summed E-state index contributed by atoms with van der Waals surface area (Å²) in [5, 5.41) is 11.3. The molecular weight excluding hydrogens is 362 g/mol. The second-order valence-corrected chi connectivity index (χ2v) is 7.65. The number of aryl methyl sites for hydroxylation is 1. The second kappa shape index (κ2) is 7.07. The van der Waals surface area contributed by atoms with Gasteiger partial charge in [0.05, 0.1) is 28.4 Å². The van der Waals surface area contributed by atoms with E-state index in [2.05, 4.69) is 31.8 Å². The lowest BCUT2D eigenvalue weighted by Gasteiger charge is -2.14. The van der Waals surface area contributed by atoms with Gasteiger partial charge in [0.25, 0.3) is 0 Å². The minimum Gasteiger partial charge on any atom is -0.355 e. The monoisotopic (exact) mass is 383 g/mol. The molecule has 0 aromatic carbocycles. The summed E-state index contributed by atoms with van der Waals surface area (Å²) in [6, 6.07) is 0. The fraction of sp³-hybridized carbons (Fsp3) is 0.333. The van der Waals surface area contributed by atoms with E-state index in [0.29, 0.717) is 12.4 Å². The van der Waals surface area contributed by atoms with Gasteiger partial charge in [0.15, 0.2) is 11.5 Å². The van der Waals surface area contributed by atoms with E-state index in [1.54, 1.807) is 10.9 Å². The first-order valence-electron chi connectivity index (χ1n) is 8.81. The zero-order chi connectivity index (χ0) is 19.0. The predicted octanol–water partition coefficient (Wildman–Crippen LogP) is 2.27. The van der Waals surface area contributed by atoms with E-state index in [-0.39, 0.29) is 17.1 Å². The molecule has 0 radical (unpaired) electrons. The topological polar surface area (TPSA) is 89.1 Å². The Labute approximate surface area is 161 Å². The molecule has 1 aliphatic rings. The van der Waals surface area contributed by atoms with Gasteiger partial charge in [0.2, 0.25) is 5.91 Å². The molecule has 0 aliphatic carbocycles. The van der Waals surface area contributed by atoms with Crippen LogP contribution in [0.5, 0.6) is 0 Å². The molecule has 1 amide bonds. The number of thioether (sulfide) groups is 1. The van der Waals surface area contributed by atoms with Crippen molar-refractivity contribution >= 4 is 29.1 Å². The van der Waals surface area contributed by atoms with Gasteiger partial charge < -0.3 is 10.6 Å². The maximum Gasteiger partial charge on any atom is 0.234 e. The van der Waals surface area contributed by atoms with E-state index in [1.165, 1.54) is 11.8 Å². The molecule has 2 N–H and O–H groups in total. The Balaban J connectivity index is 1.59. The number of hydrogen-bond acceptors (Lipinski definition) is 6. The Morgan fingerprint density at radius 3 is 2.93 bits per heavy atom. The van der Waals surface area contributed by atoms with Gasteiger partial charge in [-0.2, -0.15) is 5.10 Å². The van der Waals surface area contributed by atoms with Crippen molar-refractivity contribution in [1.82, 2.24) is 29.5 Å². The van der Waals surface area contributed by atoms with Crippen LogP contribution in [0.2, 0.25) is 0 Å². The second-order valence-electron chi connectivity index (χ2n) is 6.46. The molecule has 0 saturated carbocycles. The van der Waals surface area contributed by atoms with E-state index < -0.39 is 0 Å². The molecule has 4 rings (SSSR count). The first-order valence-corrected chi connectivity index (χ1v) is 9.69. The van der Waals surface area contributed by atoms with Crippen LogP contribution in [0, 0.1) is 5.92 Å². The number of imidazole rings is 1. The minimum atomic E-state index is -0.127. The average Bonchev–Trinajstić information content (AvgIpc) is 3.34. The maximum atomic E-state index is 12.2. The summed E-state index contributed by atoms with van der Waals surface area (Å²) in [4.78, 5) is 21.2. The molecule has 3 aromatic rings. The van der Waals surface area contributed by atoms with Gasteiger partial charge in [-0.1, -0.05) is 18.7 Å². The van der Waals surface area contributed by atoms with Crippen LogP contribution in [0.3, 0.4) is 0 Å². The summed E-state index contributed by atoms with van der Waals surface area (Å²) in [5.74, 6) is 0.874. The molecule has 2 atom stereocenters. The highest BCUT2D eigenvalue weighted by Gasteiger charge is 2.31. The number of nitrogens with zero attached hydrogens (tertiary/aromatic N) is 5. The number of anilines is 1. The van der Waals surface area contributed by atoms with Gasteiger partial charge in [-0.05, 0) is 18.9 Å². The van der Waals surface area contributed by atoms with Crippen molar-refractivity contribution in [3.63, 3.8) is 0 Å². The van der Waals surface area contributed by atoms with E-state index >= 15 is 0 Å². The lowest BCUT2D eigenvalue weighted by Crippen LogP contribution is -2.34. The van der Waals surface area contributed by atoms with Gasteiger partial charge >= 0.3 is 0 Å². The van der Waals surface area contributed by atoms with Crippen molar-refractivity contribution in [2.45, 2.75) is 19.1 Å². The maximum absolute atomic E-state index is 12.2. The normalized spacial score (nSPS) is 19.3. The van der Waals surface area contributed by atoms with Crippen LogP contribution in [0.15, 0.2) is 42.1 Å². The minimum absolute atomic E-state index is 0.0638. The smallest absolute Gasteiger partial charge is 0.234 e. The average molecular weight is 383 g/mol. The van der Waals surface area contributed by atoms with Gasteiger partial charge in [-0.3, -0.25) is 13.9 Å². The summed E-state index contributed by atoms with van der Waals surface area (Å²) in [6.07, 6.45) is 11.3. The first-order chi connectivity index (χ1) is 13.1. The third-order valence-corrected chi connectivity index (χ3v) is 5.81. The number of fused-ring (bicyclic) bond motifs is 1. The Bertz CT molecular complexity index is 1020. The summed E-state index contributed by atoms with van der Waals surface area (Å²) >= 11 is 1.52. The van der Waals surface area contributed by atoms with Crippen LogP contribution in [-0.2, 0) is 11.8 Å². The predicted molar refractivity (Wildman–Crippen MR) is 106 cm³/mol. The first kappa shape index (κ1) is 17.6. The van der Waals surface area contributed by atoms with Crippen LogP contribution >= 0.6 is 11.8 Å². The Kier molecular flexibility index (Phi) is 4.61. The summed E-state index contributed by atoms with van der Waals surface area (Å²) in [5.41, 5.74) is 2.67. The number of aromatic nitrogens is 5. The molecule has 9 heteroatoms. The molecule has 4 heterocycles. The van der Waals surface area contributed by atoms with Crippen LogP contribution in [0.25, 0.3) is 16.9 Å². The molecule has 0 saturated heterocycles. The van der Waals surface area contributed by atoms with Crippen molar-refractivity contribution in [2.75, 3.05) is 11.9 Å². The third kappa shape index (κ3) is 3.30. The van der Waals surface area contributed by atoms with Gasteiger partial charge in [0.1, 0.15) is 0 Å². The van der Waals surface area contributed by atoms with Crippen molar-refractivity contribution in [1.29, 1.82) is 0 Å². The van der Waals surface area contributed by atoms with Gasteiger partial charge in [0, 0.05) is 37.7 Å². The van der Waals surface area contributed by atoms with Crippen LogP contribution in [-0.4, -0.2) is 41.9 Å². The Morgan fingerprint density at radius 2 is 2.19 bits per heavy atom. The highest BCUT2D eigenvalue weighted by atomic mass is 32.2. The summed E-state index contributed by atoms with van der Waals surface area (Å²) < 4.78 is 3.75. The molecule has 0 fully saturated rings. The van der Waals surface area contributed by atoms with E-state index in [9.17, 15) is 4.79 Å². The zero-order valence-electron chi connectivity index (χ0n) is 15.4. The van der Waals surface area contributed by atoms with E-state index in [0.717, 1.165) is 21.9 Å². The van der Waals surface area contributed by atoms with Gasteiger partial charge in [-0.15, -0.1) is 0 Å². The lowest BCUT2D eigenvalue weighted by atomic mass is 10.1. The lowest BCUT2D eigenvalue weighted by molar-refractivity contribution is -0.120. The van der Waals surface area contributed by atoms with Crippen molar-refractivity contribution < 1.29 is 4.79 Å². The fourth-order valence-electron chi connectivity index (χ4n) is 3.14. The molecule has 2 unspecified atom stereocenters. The number of rotatable bonds is 5. The van der Waals surface area contributed by atoms with E-state index in [1.807, 2.05) is 50.1 Å². The zero-order valence-corrected chi connectivity index (χ0v) is 16.2. The Hall–Kier alpha value is -2.81. The SMILES string of the molecule is CCNC(=O)C1SC(Nc2nccn3c(-c4cnn(C)c4)cnc23)=CC1C. The quantitative estimate of drug-likeness (QED) is 0.703. The number of carbonyl (C=O) groups excluding carboxylic acids is 1. The molecule has 0 spiro atoms. The number of carbonyl (C=O) groups is 1. The number of hydrogen-bond donors (Lipinski definition) is 2.